The Morgan fingerprint density at radius 2 is 1.89 bits per heavy atom. The van der Waals surface area contributed by atoms with E-state index in [9.17, 15) is 29.3 Å². The fraction of sp³-hybridized carbons (Fsp3) is 0.200. The van der Waals surface area contributed by atoms with Crippen molar-refractivity contribution in [3.63, 3.8) is 0 Å². The van der Waals surface area contributed by atoms with Gasteiger partial charge in [-0.25, -0.2) is 4.79 Å². The van der Waals surface area contributed by atoms with Gasteiger partial charge in [0.1, 0.15) is 10.6 Å². The van der Waals surface area contributed by atoms with Gasteiger partial charge in [-0.3, -0.25) is 24.5 Å². The van der Waals surface area contributed by atoms with Crippen LogP contribution >= 0.6 is 11.3 Å². The Kier molecular flexibility index (Phi) is 7.20. The molecule has 184 valence electrons. The van der Waals surface area contributed by atoms with Gasteiger partial charge in [-0.05, 0) is 48.7 Å². The monoisotopic (exact) mass is 508 g/mol. The molecule has 4 rings (SSSR count). The number of nitrogens with zero attached hydrogens (tertiary/aromatic N) is 2. The number of hydrogen-bond donors (Lipinski definition) is 0. The van der Waals surface area contributed by atoms with E-state index in [1.54, 1.807) is 36.6 Å². The number of thiophene rings is 1. The van der Waals surface area contributed by atoms with Crippen LogP contribution in [0.2, 0.25) is 0 Å². The number of carbonyl (C=O) groups excluding carboxylic acids is 4. The molecule has 0 saturated carbocycles. The number of ketones is 1. The van der Waals surface area contributed by atoms with Crippen LogP contribution in [0, 0.1) is 23.0 Å². The van der Waals surface area contributed by atoms with Crippen LogP contribution in [0.25, 0.3) is 0 Å². The van der Waals surface area contributed by atoms with Gasteiger partial charge >= 0.3 is 11.9 Å². The van der Waals surface area contributed by atoms with Crippen molar-refractivity contribution in [3.8, 4) is 5.75 Å². The topological polar surface area (TPSA) is 133 Å². The Hall–Kier alpha value is -4.38. The molecule has 0 N–H and O–H groups in total. The van der Waals surface area contributed by atoms with Crippen molar-refractivity contribution in [2.45, 2.75) is 13.3 Å². The maximum Gasteiger partial charge on any atom is 0.353 e. The fourth-order valence-electron chi connectivity index (χ4n) is 3.68. The minimum absolute atomic E-state index is 0.00359. The second-order valence-corrected chi connectivity index (χ2v) is 9.00. The first-order valence-electron chi connectivity index (χ1n) is 10.8. The van der Waals surface area contributed by atoms with Crippen molar-refractivity contribution in [1.29, 1.82) is 0 Å². The summed E-state index contributed by atoms with van der Waals surface area (Å²) in [7, 11) is 0. The average molecular weight is 509 g/mol. The number of Topliss-reactive ketones (excluding diaryl/α,β-unsaturated/α-hetero) is 1. The molecule has 1 aliphatic heterocycles. The van der Waals surface area contributed by atoms with Crippen molar-refractivity contribution in [1.82, 2.24) is 0 Å². The zero-order valence-electron chi connectivity index (χ0n) is 19.0. The van der Waals surface area contributed by atoms with Gasteiger partial charge in [0, 0.05) is 30.2 Å². The Morgan fingerprint density at radius 3 is 2.56 bits per heavy atom. The van der Waals surface area contributed by atoms with Crippen molar-refractivity contribution in [2.24, 2.45) is 5.92 Å². The lowest BCUT2D eigenvalue weighted by Crippen LogP contribution is -2.27. The highest BCUT2D eigenvalue weighted by Crippen LogP contribution is 2.30. The van der Waals surface area contributed by atoms with Gasteiger partial charge in [0.25, 0.3) is 5.69 Å². The van der Waals surface area contributed by atoms with Crippen LogP contribution in [-0.2, 0) is 14.3 Å². The quantitative estimate of drug-likeness (QED) is 0.147. The van der Waals surface area contributed by atoms with E-state index in [-0.39, 0.29) is 35.9 Å². The predicted molar refractivity (Wildman–Crippen MR) is 129 cm³/mol. The average Bonchev–Trinajstić information content (AvgIpc) is 3.53. The molecule has 1 aliphatic rings. The van der Waals surface area contributed by atoms with E-state index in [0.29, 0.717) is 16.1 Å². The highest BCUT2D eigenvalue weighted by Gasteiger charge is 2.37. The Labute approximate surface area is 209 Å². The van der Waals surface area contributed by atoms with E-state index in [0.717, 1.165) is 0 Å². The van der Waals surface area contributed by atoms with Gasteiger partial charge in [0.2, 0.25) is 5.91 Å². The van der Waals surface area contributed by atoms with Gasteiger partial charge < -0.3 is 14.4 Å². The molecule has 3 aromatic rings. The third kappa shape index (κ3) is 5.47. The Morgan fingerprint density at radius 1 is 1.14 bits per heavy atom. The molecule has 0 bridgehead atoms. The summed E-state index contributed by atoms with van der Waals surface area (Å²) in [5.74, 6) is -2.57. The number of aryl methyl sites for hydroxylation is 1. The van der Waals surface area contributed by atoms with Crippen LogP contribution < -0.4 is 9.64 Å². The zero-order chi connectivity index (χ0) is 25.8. The summed E-state index contributed by atoms with van der Waals surface area (Å²) >= 11 is 1.25. The standard InChI is InChI=1S/C25H20N2O8S/c1-15-4-7-18(12-20(15)27(32)33)26-13-17(11-23(26)29)24(30)34-14-21(28)16-5-8-19(9-6-16)35-25(31)22-3-2-10-36-22/h2-10,12,17H,11,13-14H2,1H3/t17-/m1/s1. The molecular formula is C25H20N2O8S. The number of esters is 2. The lowest BCUT2D eigenvalue weighted by molar-refractivity contribution is -0.385. The first-order valence-corrected chi connectivity index (χ1v) is 11.7. The first kappa shape index (κ1) is 24.7. The second-order valence-electron chi connectivity index (χ2n) is 8.06. The SMILES string of the molecule is Cc1ccc(N2C[C@H](C(=O)OCC(=O)c3ccc(OC(=O)c4cccs4)cc3)CC2=O)cc1[N+](=O)[O-]. The minimum atomic E-state index is -0.801. The number of amides is 1. The molecule has 0 aliphatic carbocycles. The summed E-state index contributed by atoms with van der Waals surface area (Å²) in [6, 6.07) is 13.6. The number of anilines is 1. The normalized spacial score (nSPS) is 15.0. The molecule has 2 aromatic carbocycles. The molecule has 1 saturated heterocycles. The molecule has 36 heavy (non-hydrogen) atoms. The Bertz CT molecular complexity index is 1330. The molecule has 10 nitrogen and oxygen atoms in total. The highest BCUT2D eigenvalue weighted by molar-refractivity contribution is 7.12. The summed E-state index contributed by atoms with van der Waals surface area (Å²) in [6.45, 7) is 1.07. The smallest absolute Gasteiger partial charge is 0.353 e. The van der Waals surface area contributed by atoms with Crippen LogP contribution in [0.3, 0.4) is 0 Å². The van der Waals surface area contributed by atoms with E-state index >= 15 is 0 Å². The number of nitro groups is 1. The van der Waals surface area contributed by atoms with E-state index in [4.69, 9.17) is 9.47 Å². The summed E-state index contributed by atoms with van der Waals surface area (Å²) in [4.78, 5) is 61.8. The van der Waals surface area contributed by atoms with E-state index in [1.165, 1.54) is 46.6 Å². The molecule has 0 radical (unpaired) electrons. The summed E-state index contributed by atoms with van der Waals surface area (Å²) in [5, 5.41) is 13.0. The van der Waals surface area contributed by atoms with E-state index in [2.05, 4.69) is 0 Å². The van der Waals surface area contributed by atoms with Gasteiger partial charge in [-0.1, -0.05) is 12.1 Å². The molecular weight excluding hydrogens is 488 g/mol. The van der Waals surface area contributed by atoms with Crippen LogP contribution in [-0.4, -0.2) is 41.7 Å². The number of ether oxygens (including phenoxy) is 2. The molecule has 1 fully saturated rings. The molecule has 1 atom stereocenters. The van der Waals surface area contributed by atoms with Gasteiger partial charge in [-0.2, -0.15) is 0 Å². The van der Waals surface area contributed by atoms with Crippen molar-refractivity contribution >= 4 is 46.3 Å². The zero-order valence-corrected chi connectivity index (χ0v) is 19.9. The number of carbonyl (C=O) groups is 4. The summed E-state index contributed by atoms with van der Waals surface area (Å²) in [6.07, 6.45) is -0.126. The largest absolute Gasteiger partial charge is 0.457 e. The molecule has 11 heteroatoms. The second kappa shape index (κ2) is 10.5. The molecule has 1 amide bonds. The van der Waals surface area contributed by atoms with Crippen molar-refractivity contribution in [3.05, 3.63) is 86.1 Å². The number of nitro benzene ring substituents is 1. The predicted octanol–water partition coefficient (Wildman–Crippen LogP) is 3.96. The first-order chi connectivity index (χ1) is 17.2. The van der Waals surface area contributed by atoms with Crippen molar-refractivity contribution < 1.29 is 33.6 Å². The van der Waals surface area contributed by atoms with Crippen LogP contribution in [0.1, 0.15) is 32.0 Å². The summed E-state index contributed by atoms with van der Waals surface area (Å²) < 4.78 is 10.4. The van der Waals surface area contributed by atoms with E-state index < -0.39 is 35.2 Å². The molecule has 1 aromatic heterocycles. The fourth-order valence-corrected chi connectivity index (χ4v) is 4.27. The van der Waals surface area contributed by atoms with Gasteiger partial charge in [0.05, 0.1) is 16.5 Å². The third-order valence-electron chi connectivity index (χ3n) is 5.61. The molecule has 0 spiro atoms. The van der Waals surface area contributed by atoms with Crippen molar-refractivity contribution in [2.75, 3.05) is 18.1 Å². The summed E-state index contributed by atoms with van der Waals surface area (Å²) in [5.41, 5.74) is 0.918. The maximum absolute atomic E-state index is 12.5. The highest BCUT2D eigenvalue weighted by atomic mass is 32.1. The van der Waals surface area contributed by atoms with Gasteiger partial charge in [-0.15, -0.1) is 11.3 Å². The molecule has 2 heterocycles. The lowest BCUT2D eigenvalue weighted by atomic mass is 10.1. The number of rotatable bonds is 8. The van der Waals surface area contributed by atoms with Crippen LogP contribution in [0.5, 0.6) is 5.75 Å². The van der Waals surface area contributed by atoms with Crippen LogP contribution in [0.15, 0.2) is 60.0 Å². The molecule has 0 unspecified atom stereocenters. The van der Waals surface area contributed by atoms with Gasteiger partial charge in [0.15, 0.2) is 12.4 Å². The number of hydrogen-bond acceptors (Lipinski definition) is 9. The lowest BCUT2D eigenvalue weighted by Gasteiger charge is -2.16. The Balaban J connectivity index is 1.31. The van der Waals surface area contributed by atoms with Crippen LogP contribution in [0.4, 0.5) is 11.4 Å². The van der Waals surface area contributed by atoms with E-state index in [1.807, 2.05) is 0 Å². The third-order valence-corrected chi connectivity index (χ3v) is 6.46. The number of benzene rings is 2. The maximum atomic E-state index is 12.5. The minimum Gasteiger partial charge on any atom is -0.457 e.